The Labute approximate surface area is 192 Å². The maximum atomic E-state index is 8.50. The average molecular weight is 533 g/mol. The van der Waals surface area contributed by atoms with Gasteiger partial charge in [-0.3, -0.25) is 8.92 Å². The Morgan fingerprint density at radius 1 is 0.733 bits per heavy atom. The van der Waals surface area contributed by atoms with Crippen molar-refractivity contribution < 1.29 is 26.5 Å². The smallest absolute Gasteiger partial charge is 0.416 e. The Kier molecular flexibility index (Phi) is 17.3. The third kappa shape index (κ3) is 26.7. The van der Waals surface area contributed by atoms with Crippen molar-refractivity contribution in [3.05, 3.63) is 0 Å². The lowest BCUT2D eigenvalue weighted by Crippen LogP contribution is -2.64. The van der Waals surface area contributed by atoms with Crippen LogP contribution < -0.4 is 4.65 Å². The van der Waals surface area contributed by atoms with Gasteiger partial charge in [0.2, 0.25) is 0 Å². The van der Waals surface area contributed by atoms with Crippen LogP contribution in [0, 0.1) is 0 Å². The summed E-state index contributed by atoms with van der Waals surface area (Å²) in [6.07, 6.45) is 0. The summed E-state index contributed by atoms with van der Waals surface area (Å²) in [5.41, 5.74) is 0. The van der Waals surface area contributed by atoms with Crippen molar-refractivity contribution in [3.63, 3.8) is 0 Å². The van der Waals surface area contributed by atoms with Gasteiger partial charge in [0.05, 0.1) is 0 Å². The minimum atomic E-state index is -1.86. The molecule has 0 aromatic rings. The number of nitrogens with one attached hydrogen (secondary N) is 1. The largest absolute Gasteiger partial charge is 0.549 e. The van der Waals surface area contributed by atoms with Crippen LogP contribution in [0.4, 0.5) is 0 Å². The van der Waals surface area contributed by atoms with E-state index in [2.05, 4.69) is 83.2 Å². The quantitative estimate of drug-likeness (QED) is 0.403. The second-order valence-electron chi connectivity index (χ2n) is 10.4. The molecule has 30 heavy (non-hydrogen) atoms. The van der Waals surface area contributed by atoms with E-state index in [1.165, 1.54) is 5.06 Å². The van der Waals surface area contributed by atoms with Crippen molar-refractivity contribution in [1.29, 1.82) is 0 Å². The van der Waals surface area contributed by atoms with Gasteiger partial charge in [0, 0.05) is 13.1 Å². The molecule has 1 aliphatic rings. The molecule has 0 saturated carbocycles. The van der Waals surface area contributed by atoms with Crippen molar-refractivity contribution in [1.82, 2.24) is 9.71 Å². The Hall–Kier alpha value is 0.661. The lowest BCUT2D eigenvalue weighted by molar-refractivity contribution is -0.0813. The lowest BCUT2D eigenvalue weighted by Gasteiger charge is -2.46. The highest BCUT2D eigenvalue weighted by Crippen LogP contribution is 2.29. The zero-order valence-electron chi connectivity index (χ0n) is 21.8. The van der Waals surface area contributed by atoms with Crippen molar-refractivity contribution >= 4 is 51.4 Å². The van der Waals surface area contributed by atoms with E-state index in [0.717, 1.165) is 13.1 Å². The van der Waals surface area contributed by atoms with E-state index >= 15 is 0 Å². The first-order valence-corrected chi connectivity index (χ1v) is 26.6. The second kappa shape index (κ2) is 14.7. The number of rotatable bonds is 4. The van der Waals surface area contributed by atoms with Crippen molar-refractivity contribution in [2.24, 2.45) is 0 Å². The van der Waals surface area contributed by atoms with Gasteiger partial charge in [-0.05, 0) is 39.3 Å². The number of hydrogen-bond donors (Lipinski definition) is 2. The van der Waals surface area contributed by atoms with E-state index in [0.29, 0.717) is 0 Å². The molecule has 1 heterocycles. The lowest BCUT2D eigenvalue weighted by atomic mass is 10.6. The molecular formula is C16H48N2O6Si6. The molecule has 1 saturated heterocycles. The topological polar surface area (TPSA) is 97.3 Å². The van der Waals surface area contributed by atoms with Gasteiger partial charge in [-0.25, -0.2) is 0 Å². The maximum Gasteiger partial charge on any atom is 0.549 e. The van der Waals surface area contributed by atoms with Crippen LogP contribution in [-0.2, 0) is 21.3 Å². The number of nitrogens with zero attached hydrogens (tertiary/aromatic N) is 1. The second-order valence-corrected chi connectivity index (χ2v) is 31.4. The highest BCUT2D eigenvalue weighted by atomic mass is 28.5. The van der Waals surface area contributed by atoms with Crippen LogP contribution in [0.3, 0.4) is 0 Å². The summed E-state index contributed by atoms with van der Waals surface area (Å²) in [5, 5.41) is 9.75. The van der Waals surface area contributed by atoms with Gasteiger partial charge in [-0.1, -0.05) is 53.1 Å². The van der Waals surface area contributed by atoms with E-state index in [-0.39, 0.29) is 0 Å². The van der Waals surface area contributed by atoms with Crippen molar-refractivity contribution in [3.8, 4) is 0 Å². The number of hydrogen-bond acceptors (Lipinski definition) is 8. The van der Waals surface area contributed by atoms with Gasteiger partial charge in [0.1, 0.15) is 16.5 Å². The highest BCUT2D eigenvalue weighted by Gasteiger charge is 2.50. The molecule has 0 amide bonds. The molecule has 0 radical (unpaired) electrons. The zero-order chi connectivity index (χ0) is 25.0. The summed E-state index contributed by atoms with van der Waals surface area (Å²) in [6, 6.07) is 0. The van der Waals surface area contributed by atoms with Gasteiger partial charge < -0.3 is 22.2 Å². The van der Waals surface area contributed by atoms with Gasteiger partial charge in [-0.2, -0.15) is 5.06 Å². The predicted molar refractivity (Wildman–Crippen MR) is 137 cm³/mol. The van der Waals surface area contributed by atoms with Gasteiger partial charge in [0.25, 0.3) is 0 Å². The summed E-state index contributed by atoms with van der Waals surface area (Å²) >= 11 is 0. The van der Waals surface area contributed by atoms with Crippen LogP contribution in [-0.4, -0.2) is 74.8 Å². The molecule has 0 spiro atoms. The predicted octanol–water partition coefficient (Wildman–Crippen LogP) is 4.50. The summed E-state index contributed by atoms with van der Waals surface area (Å²) in [4.78, 5) is 0. The molecule has 1 rings (SSSR count). The maximum absolute atomic E-state index is 8.50. The Morgan fingerprint density at radius 3 is 1.00 bits per heavy atom. The third-order valence-corrected chi connectivity index (χ3v) is 20.8. The molecule has 0 unspecified atom stereocenters. The summed E-state index contributed by atoms with van der Waals surface area (Å²) < 4.78 is 38.1. The van der Waals surface area contributed by atoms with Crippen molar-refractivity contribution in [2.45, 2.75) is 92.4 Å². The van der Waals surface area contributed by atoms with Gasteiger partial charge in [-0.15, -0.1) is 0 Å². The molecule has 0 aliphatic carbocycles. The normalized spacial score (nSPS) is 19.1. The molecule has 2 N–H and O–H groups in total. The fraction of sp³-hybridized carbons (Fsp3) is 1.00. The van der Waals surface area contributed by atoms with E-state index in [4.69, 9.17) is 26.5 Å². The molecule has 8 nitrogen and oxygen atoms in total. The fourth-order valence-electron chi connectivity index (χ4n) is 3.19. The monoisotopic (exact) mass is 532 g/mol. The standard InChI is InChI=1S/C6H19NSi2.C6H18O3Si3.C4H11NO.O2Si/c1-8(2,3)7-9(4,5)6;1-10(2)7-11(3,4)9-12(5,6)8-10;1-3-5(6)4-2;1-3-2/h7H,1-6H3;1-6H3;6H,3-4H2,1-2H3;. The Morgan fingerprint density at radius 2 is 0.933 bits per heavy atom. The molecule has 0 aromatic heterocycles. The van der Waals surface area contributed by atoms with Crippen LogP contribution in [0.2, 0.25) is 78.6 Å². The van der Waals surface area contributed by atoms with Crippen LogP contribution in [0.5, 0.6) is 0 Å². The van der Waals surface area contributed by atoms with E-state index in [1.807, 2.05) is 13.8 Å². The van der Waals surface area contributed by atoms with E-state index < -0.39 is 51.4 Å². The summed E-state index contributed by atoms with van der Waals surface area (Å²) in [6.45, 7) is 31.9. The average Bonchev–Trinajstić information content (AvgIpc) is 2.39. The Balaban J connectivity index is -0.000000359. The van der Waals surface area contributed by atoms with Gasteiger partial charge in [0.15, 0.2) is 0 Å². The van der Waals surface area contributed by atoms with E-state index in [1.54, 1.807) is 0 Å². The SMILES string of the molecule is CCN(O)CC.C[Si](C)(C)N[Si](C)(C)C.C[Si]1(C)O[Si](C)(C)O[Si](C)(C)O1.O=[Si]=O. The molecular weight excluding hydrogens is 485 g/mol. The highest BCUT2D eigenvalue weighted by molar-refractivity contribution is 6.92. The van der Waals surface area contributed by atoms with Gasteiger partial charge >= 0.3 is 35.0 Å². The molecule has 0 aromatic carbocycles. The summed E-state index contributed by atoms with van der Waals surface area (Å²) in [5.74, 6) is 0. The molecule has 14 heteroatoms. The van der Waals surface area contributed by atoms with Crippen LogP contribution in [0.25, 0.3) is 0 Å². The van der Waals surface area contributed by atoms with Crippen molar-refractivity contribution in [2.75, 3.05) is 13.1 Å². The molecule has 182 valence electrons. The minimum Gasteiger partial charge on any atom is -0.416 e. The molecule has 1 fully saturated rings. The van der Waals surface area contributed by atoms with Crippen LogP contribution >= 0.6 is 0 Å². The molecule has 0 bridgehead atoms. The van der Waals surface area contributed by atoms with Crippen LogP contribution in [0.15, 0.2) is 0 Å². The molecule has 1 aliphatic heterocycles. The van der Waals surface area contributed by atoms with Crippen LogP contribution in [0.1, 0.15) is 13.8 Å². The third-order valence-electron chi connectivity index (χ3n) is 2.95. The molecule has 0 atom stereocenters. The zero-order valence-corrected chi connectivity index (χ0v) is 27.8. The Bertz CT molecular complexity index is 442. The summed E-state index contributed by atoms with van der Waals surface area (Å²) in [7, 11) is -8.97. The minimum absolute atomic E-state index is 0.719. The first kappa shape index (κ1) is 35.3. The van der Waals surface area contributed by atoms with E-state index in [9.17, 15) is 0 Å². The number of hydroxylamine groups is 2. The first-order chi connectivity index (χ1) is 13.1. The first-order valence-electron chi connectivity index (χ1n) is 10.4. The fourth-order valence-corrected chi connectivity index (χ4v) is 28.0.